The average Bonchev–Trinajstić information content (AvgIpc) is 0. The van der Waals surface area contributed by atoms with Crippen molar-refractivity contribution in [3.8, 4) is 0 Å². The molecule has 0 saturated carbocycles. The molecule has 0 N–H and O–H groups in total. The van der Waals surface area contributed by atoms with Crippen LogP contribution >= 0.6 is 0 Å². The summed E-state index contributed by atoms with van der Waals surface area (Å²) >= 11 is 0. The minimum atomic E-state index is 0. The van der Waals surface area contributed by atoms with E-state index in [1.807, 2.05) is 0 Å². The molecule has 0 aliphatic rings. The molecule has 0 saturated heterocycles. The van der Waals surface area contributed by atoms with E-state index in [0.29, 0.717) is 0 Å². The SMILES string of the molecule is [Ag].[Cu].[GeH4].[Pd]. The molecule has 0 rings (SSSR count). The Bertz CT molecular complexity index is 8.00. The van der Waals surface area contributed by atoms with Crippen LogP contribution in [0.3, 0.4) is 0 Å². The summed E-state index contributed by atoms with van der Waals surface area (Å²) < 4.78 is 0. The van der Waals surface area contributed by atoms with Gasteiger partial charge in [-0.1, -0.05) is 0 Å². The average molecular weight is 354 g/mol. The third-order valence-corrected chi connectivity index (χ3v) is 0. The topological polar surface area (TPSA) is 0 Å². The summed E-state index contributed by atoms with van der Waals surface area (Å²) in [6, 6.07) is 0. The first-order valence-electron chi connectivity index (χ1n) is 0. The van der Waals surface area contributed by atoms with Crippen LogP contribution < -0.4 is 0 Å². The van der Waals surface area contributed by atoms with Crippen LogP contribution in [-0.2, 0) is 59.9 Å². The monoisotopic (exact) mass is 354 g/mol. The minimum Gasteiger partial charge on any atom is 0 e. The van der Waals surface area contributed by atoms with E-state index in [2.05, 4.69) is 0 Å². The van der Waals surface area contributed by atoms with Gasteiger partial charge in [0.15, 0.2) is 0 Å². The van der Waals surface area contributed by atoms with Gasteiger partial charge in [-0.15, -0.1) is 0 Å². The molecule has 2 radical (unpaired) electrons. The van der Waals surface area contributed by atoms with Gasteiger partial charge in [0.1, 0.15) is 0 Å². The fourth-order valence-electron chi connectivity index (χ4n) is 0. The molecule has 0 amide bonds. The molecule has 0 aromatic heterocycles. The van der Waals surface area contributed by atoms with Gasteiger partial charge >= 0.3 is 17.6 Å². The van der Waals surface area contributed by atoms with Crippen molar-refractivity contribution >= 4 is 17.6 Å². The second-order valence-corrected chi connectivity index (χ2v) is 0. The van der Waals surface area contributed by atoms with E-state index in [1.54, 1.807) is 0 Å². The molecule has 4 heteroatoms. The second kappa shape index (κ2) is 17.9. The van der Waals surface area contributed by atoms with Gasteiger partial charge in [0.2, 0.25) is 0 Å². The Hall–Kier alpha value is 2.46. The first kappa shape index (κ1) is 31.8. The van der Waals surface area contributed by atoms with E-state index >= 15 is 0 Å². The van der Waals surface area contributed by atoms with E-state index in [4.69, 9.17) is 0 Å². The molecule has 0 aromatic rings. The smallest absolute Gasteiger partial charge is 0 e. The van der Waals surface area contributed by atoms with Crippen LogP contribution in [0, 0.1) is 0 Å². The number of rotatable bonds is 0. The Morgan fingerprint density at radius 1 is 1.00 bits per heavy atom. The fraction of sp³-hybridized carbons (Fsp3) is 0. The molecule has 40 valence electrons. The number of hydrogen-bond donors (Lipinski definition) is 0. The maximum absolute atomic E-state index is 0. The van der Waals surface area contributed by atoms with E-state index in [-0.39, 0.29) is 77.5 Å². The van der Waals surface area contributed by atoms with Crippen molar-refractivity contribution < 1.29 is 59.9 Å². The third kappa shape index (κ3) is 8.82. The quantitative estimate of drug-likeness (QED) is 0.467. The van der Waals surface area contributed by atoms with E-state index in [1.165, 1.54) is 0 Å². The van der Waals surface area contributed by atoms with Crippen LogP contribution in [0.5, 0.6) is 0 Å². The Kier molecular flexibility index (Phi) is 142. The predicted molar refractivity (Wildman–Crippen MR) is 11.3 cm³/mol. The molecule has 0 unspecified atom stereocenters. The van der Waals surface area contributed by atoms with Gasteiger partial charge in [-0.3, -0.25) is 0 Å². The Labute approximate surface area is 76.5 Å². The van der Waals surface area contributed by atoms with Crippen molar-refractivity contribution in [2.45, 2.75) is 0 Å². The van der Waals surface area contributed by atoms with E-state index in [9.17, 15) is 0 Å². The predicted octanol–water partition coefficient (Wildman–Crippen LogP) is -1.46. The summed E-state index contributed by atoms with van der Waals surface area (Å²) in [7, 11) is 0. The van der Waals surface area contributed by atoms with Crippen molar-refractivity contribution in [1.82, 2.24) is 0 Å². The molecule has 0 fully saturated rings. The van der Waals surface area contributed by atoms with Gasteiger partial charge < -0.3 is 0 Å². The number of hydrogen-bond acceptors (Lipinski definition) is 0. The van der Waals surface area contributed by atoms with Gasteiger partial charge in [-0.2, -0.15) is 0 Å². The van der Waals surface area contributed by atoms with Crippen molar-refractivity contribution in [2.24, 2.45) is 0 Å². The van der Waals surface area contributed by atoms with Crippen molar-refractivity contribution in [2.75, 3.05) is 0 Å². The van der Waals surface area contributed by atoms with Crippen LogP contribution in [0.4, 0.5) is 0 Å². The molecule has 0 atom stereocenters. The maximum Gasteiger partial charge on any atom is 0 e. The molecule has 4 heavy (non-hydrogen) atoms. The molecule has 0 aliphatic heterocycles. The summed E-state index contributed by atoms with van der Waals surface area (Å²) in [4.78, 5) is 0. The fourth-order valence-corrected chi connectivity index (χ4v) is 0. The zero-order chi connectivity index (χ0) is 0. The van der Waals surface area contributed by atoms with Gasteiger partial charge in [0, 0.05) is 59.9 Å². The Morgan fingerprint density at radius 3 is 1.00 bits per heavy atom. The van der Waals surface area contributed by atoms with Crippen molar-refractivity contribution in [3.63, 3.8) is 0 Å². The van der Waals surface area contributed by atoms with Crippen LogP contribution in [0.2, 0.25) is 0 Å². The molecular formula is H4AgCuGePd. The minimum absolute atomic E-state index is 0. The summed E-state index contributed by atoms with van der Waals surface area (Å²) in [6.45, 7) is 0. The summed E-state index contributed by atoms with van der Waals surface area (Å²) in [5, 5.41) is 0. The molecule has 0 nitrogen and oxygen atoms in total. The Morgan fingerprint density at radius 2 is 1.00 bits per heavy atom. The van der Waals surface area contributed by atoms with Gasteiger partial charge in [0.05, 0.1) is 0 Å². The second-order valence-electron chi connectivity index (χ2n) is 0. The van der Waals surface area contributed by atoms with Gasteiger partial charge in [-0.25, -0.2) is 0 Å². The summed E-state index contributed by atoms with van der Waals surface area (Å²) in [5.41, 5.74) is 0. The first-order chi connectivity index (χ1) is 0. The first-order valence-corrected chi connectivity index (χ1v) is 0. The van der Waals surface area contributed by atoms with Crippen LogP contribution in [0.1, 0.15) is 0 Å². The molecule has 0 aromatic carbocycles. The summed E-state index contributed by atoms with van der Waals surface area (Å²) in [6.07, 6.45) is 0. The van der Waals surface area contributed by atoms with Crippen molar-refractivity contribution in [3.05, 3.63) is 0 Å². The third-order valence-electron chi connectivity index (χ3n) is 0. The molecular weight excluding hydrogens is 350 g/mol. The Balaban J connectivity index is 0. The van der Waals surface area contributed by atoms with Gasteiger partial charge in [0.25, 0.3) is 0 Å². The standard InChI is InChI=1S/Ag.Cu.GeH4.Pd/h;;1H4;. The normalized spacial score (nSPS) is 0. The molecule has 0 bridgehead atoms. The van der Waals surface area contributed by atoms with Crippen LogP contribution in [0.15, 0.2) is 0 Å². The molecule has 0 aliphatic carbocycles. The van der Waals surface area contributed by atoms with E-state index in [0.717, 1.165) is 0 Å². The van der Waals surface area contributed by atoms with Crippen LogP contribution in [0.25, 0.3) is 0 Å². The zero-order valence-corrected chi connectivity index (χ0v) is 4.90. The maximum atomic E-state index is 0. The zero-order valence-electron chi connectivity index (χ0n) is 0.919. The van der Waals surface area contributed by atoms with Crippen LogP contribution in [-0.4, -0.2) is 17.6 Å². The largest absolute Gasteiger partial charge is 0 e. The molecule has 0 spiro atoms. The van der Waals surface area contributed by atoms with Crippen molar-refractivity contribution in [1.29, 1.82) is 0 Å². The molecule has 0 heterocycles. The van der Waals surface area contributed by atoms with Gasteiger partial charge in [-0.05, 0) is 0 Å². The summed E-state index contributed by atoms with van der Waals surface area (Å²) in [5.74, 6) is 0. The van der Waals surface area contributed by atoms with E-state index < -0.39 is 0 Å².